The van der Waals surface area contributed by atoms with E-state index in [1.54, 1.807) is 24.4 Å². The fourth-order valence-electron chi connectivity index (χ4n) is 1.53. The summed E-state index contributed by atoms with van der Waals surface area (Å²) < 4.78 is 0. The predicted octanol–water partition coefficient (Wildman–Crippen LogP) is 2.61. The van der Waals surface area contributed by atoms with Gasteiger partial charge in [-0.15, -0.1) is 0 Å². The van der Waals surface area contributed by atoms with Crippen molar-refractivity contribution in [1.29, 1.82) is 5.26 Å². The molecule has 3 N–H and O–H groups in total. The molecule has 0 radical (unpaired) electrons. The molecule has 0 heterocycles. The van der Waals surface area contributed by atoms with E-state index in [9.17, 15) is 4.79 Å². The van der Waals surface area contributed by atoms with Crippen LogP contribution in [0.4, 0.5) is 11.4 Å². The first-order valence-corrected chi connectivity index (χ1v) is 6.61. The van der Waals surface area contributed by atoms with Crippen molar-refractivity contribution in [1.82, 2.24) is 4.90 Å². The van der Waals surface area contributed by atoms with Gasteiger partial charge in [0.1, 0.15) is 11.6 Å². The van der Waals surface area contributed by atoms with Crippen LogP contribution in [0.15, 0.2) is 30.0 Å². The number of benzene rings is 1. The topological polar surface area (TPSA) is 82.2 Å². The predicted molar refractivity (Wildman–Crippen MR) is 81.1 cm³/mol. The molecule has 0 spiro atoms. The first-order valence-electron chi connectivity index (χ1n) is 6.24. The second-order valence-electron chi connectivity index (χ2n) is 4.07. The van der Waals surface area contributed by atoms with Gasteiger partial charge in [0.25, 0.3) is 5.91 Å². The van der Waals surface area contributed by atoms with E-state index in [2.05, 4.69) is 5.32 Å². The molecule has 0 bridgehead atoms. The smallest absolute Gasteiger partial charge is 0.267 e. The van der Waals surface area contributed by atoms with Crippen LogP contribution >= 0.6 is 11.6 Å². The summed E-state index contributed by atoms with van der Waals surface area (Å²) in [5, 5.41) is 12.0. The second kappa shape index (κ2) is 7.41. The lowest BCUT2D eigenvalue weighted by atomic mass is 10.2. The van der Waals surface area contributed by atoms with Gasteiger partial charge < -0.3 is 16.0 Å². The van der Waals surface area contributed by atoms with Gasteiger partial charge in [-0.25, -0.2) is 0 Å². The number of carbonyl (C=O) groups is 1. The number of nitrogens with two attached hydrogens (primary N) is 1. The molecule has 0 saturated heterocycles. The maximum absolute atomic E-state index is 12.0. The van der Waals surface area contributed by atoms with Crippen LogP contribution < -0.4 is 11.1 Å². The Morgan fingerprint density at radius 1 is 1.50 bits per heavy atom. The lowest BCUT2D eigenvalue weighted by Crippen LogP contribution is -2.20. The molecule has 0 atom stereocenters. The minimum absolute atomic E-state index is 0.0432. The minimum atomic E-state index is -0.472. The number of nitriles is 1. The van der Waals surface area contributed by atoms with E-state index in [1.165, 1.54) is 0 Å². The molecule has 1 aromatic carbocycles. The van der Waals surface area contributed by atoms with Gasteiger partial charge in [-0.1, -0.05) is 11.6 Å². The van der Waals surface area contributed by atoms with E-state index in [-0.39, 0.29) is 5.57 Å². The molecule has 6 heteroatoms. The van der Waals surface area contributed by atoms with Gasteiger partial charge in [-0.2, -0.15) is 5.26 Å². The standard InChI is InChI=1S/C14H17ClN4O/c1-3-19(4-2)9-10(8-16)14(20)18-11-5-6-13(17)12(15)7-11/h5-7,9H,3-4,17H2,1-2H3,(H,18,20)/b10-9-. The zero-order valence-electron chi connectivity index (χ0n) is 11.5. The fraction of sp³-hybridized carbons (Fsp3) is 0.286. The molecule has 0 aromatic heterocycles. The Morgan fingerprint density at radius 2 is 2.15 bits per heavy atom. The molecule has 0 aliphatic heterocycles. The van der Waals surface area contributed by atoms with Crippen LogP contribution in [0.2, 0.25) is 5.02 Å². The zero-order valence-corrected chi connectivity index (χ0v) is 12.2. The lowest BCUT2D eigenvalue weighted by Gasteiger charge is -2.15. The molecule has 0 aliphatic rings. The van der Waals surface area contributed by atoms with Crippen LogP contribution in [0.3, 0.4) is 0 Å². The lowest BCUT2D eigenvalue weighted by molar-refractivity contribution is -0.112. The highest BCUT2D eigenvalue weighted by atomic mass is 35.5. The number of nitrogen functional groups attached to an aromatic ring is 1. The monoisotopic (exact) mass is 292 g/mol. The molecule has 0 fully saturated rings. The van der Waals surface area contributed by atoms with Gasteiger partial charge in [-0.3, -0.25) is 4.79 Å². The van der Waals surface area contributed by atoms with Crippen molar-refractivity contribution in [2.75, 3.05) is 24.1 Å². The van der Waals surface area contributed by atoms with Crippen molar-refractivity contribution >= 4 is 28.9 Å². The Labute approximate surface area is 123 Å². The summed E-state index contributed by atoms with van der Waals surface area (Å²) in [4.78, 5) is 13.9. The Bertz CT molecular complexity index is 559. The average Bonchev–Trinajstić information content (AvgIpc) is 2.44. The summed E-state index contributed by atoms with van der Waals surface area (Å²) in [5.41, 5.74) is 6.56. The van der Waals surface area contributed by atoms with E-state index < -0.39 is 5.91 Å². The molecule has 5 nitrogen and oxygen atoms in total. The van der Waals surface area contributed by atoms with Gasteiger partial charge >= 0.3 is 0 Å². The second-order valence-corrected chi connectivity index (χ2v) is 4.47. The minimum Gasteiger partial charge on any atom is -0.398 e. The van der Waals surface area contributed by atoms with Crippen LogP contribution in [-0.2, 0) is 4.79 Å². The average molecular weight is 293 g/mol. The van der Waals surface area contributed by atoms with Crippen LogP contribution in [0.5, 0.6) is 0 Å². The third kappa shape index (κ3) is 4.18. The number of halogens is 1. The summed E-state index contributed by atoms with van der Waals surface area (Å²) in [6, 6.07) is 6.67. The van der Waals surface area contributed by atoms with Crippen LogP contribution in [0.1, 0.15) is 13.8 Å². The summed E-state index contributed by atoms with van der Waals surface area (Å²) in [6.45, 7) is 5.35. The third-order valence-corrected chi connectivity index (χ3v) is 3.07. The number of anilines is 2. The highest BCUT2D eigenvalue weighted by Gasteiger charge is 2.11. The first kappa shape index (κ1) is 15.9. The molecule has 106 valence electrons. The van der Waals surface area contributed by atoms with Gasteiger partial charge in [0.05, 0.1) is 10.7 Å². The SMILES string of the molecule is CCN(/C=C(/C#N)C(=O)Nc1ccc(N)c(Cl)c1)CC. The van der Waals surface area contributed by atoms with Gasteiger partial charge in [0, 0.05) is 25.0 Å². The molecule has 0 unspecified atom stereocenters. The van der Waals surface area contributed by atoms with E-state index in [1.807, 2.05) is 24.8 Å². The number of carbonyl (C=O) groups excluding carboxylic acids is 1. The molecule has 0 aliphatic carbocycles. The van der Waals surface area contributed by atoms with E-state index >= 15 is 0 Å². The largest absolute Gasteiger partial charge is 0.398 e. The van der Waals surface area contributed by atoms with E-state index in [0.29, 0.717) is 16.4 Å². The Morgan fingerprint density at radius 3 is 2.65 bits per heavy atom. The summed E-state index contributed by atoms with van der Waals surface area (Å²) in [5.74, 6) is -0.472. The third-order valence-electron chi connectivity index (χ3n) is 2.75. The normalized spacial score (nSPS) is 10.8. The van der Waals surface area contributed by atoms with Crippen molar-refractivity contribution in [3.05, 3.63) is 35.0 Å². The van der Waals surface area contributed by atoms with Crippen LogP contribution in [0, 0.1) is 11.3 Å². The van der Waals surface area contributed by atoms with Crippen molar-refractivity contribution in [2.24, 2.45) is 0 Å². The van der Waals surface area contributed by atoms with Crippen molar-refractivity contribution in [3.8, 4) is 6.07 Å². The van der Waals surface area contributed by atoms with Gasteiger partial charge in [0.15, 0.2) is 0 Å². The molecule has 1 aromatic rings. The van der Waals surface area contributed by atoms with Gasteiger partial charge in [0.2, 0.25) is 0 Å². The molecule has 1 amide bonds. The van der Waals surface area contributed by atoms with Crippen molar-refractivity contribution < 1.29 is 4.79 Å². The Hall–Kier alpha value is -2.19. The molecular formula is C14H17ClN4O. The van der Waals surface area contributed by atoms with Gasteiger partial charge in [-0.05, 0) is 32.0 Å². The maximum atomic E-state index is 12.0. The molecule has 0 saturated carbocycles. The number of amides is 1. The number of nitrogens with zero attached hydrogens (tertiary/aromatic N) is 2. The number of nitrogens with one attached hydrogen (secondary N) is 1. The summed E-state index contributed by atoms with van der Waals surface area (Å²) >= 11 is 5.88. The van der Waals surface area contributed by atoms with E-state index in [0.717, 1.165) is 13.1 Å². The summed E-state index contributed by atoms with van der Waals surface area (Å²) in [7, 11) is 0. The molecule has 1 rings (SSSR count). The number of rotatable bonds is 5. The molecule has 20 heavy (non-hydrogen) atoms. The number of hydrogen-bond donors (Lipinski definition) is 2. The summed E-state index contributed by atoms with van der Waals surface area (Å²) in [6.07, 6.45) is 1.55. The van der Waals surface area contributed by atoms with Crippen LogP contribution in [0.25, 0.3) is 0 Å². The van der Waals surface area contributed by atoms with Crippen LogP contribution in [-0.4, -0.2) is 23.9 Å². The maximum Gasteiger partial charge on any atom is 0.267 e. The van der Waals surface area contributed by atoms with Crippen molar-refractivity contribution in [3.63, 3.8) is 0 Å². The Kier molecular flexibility index (Phi) is 5.88. The van der Waals surface area contributed by atoms with Crippen molar-refractivity contribution in [2.45, 2.75) is 13.8 Å². The Balaban J connectivity index is 2.88. The zero-order chi connectivity index (χ0) is 15.1. The number of hydrogen-bond acceptors (Lipinski definition) is 4. The highest BCUT2D eigenvalue weighted by Crippen LogP contribution is 2.22. The first-order chi connectivity index (χ1) is 9.51. The fourth-order valence-corrected chi connectivity index (χ4v) is 1.71. The highest BCUT2D eigenvalue weighted by molar-refractivity contribution is 6.33. The quantitative estimate of drug-likeness (QED) is 0.496. The van der Waals surface area contributed by atoms with E-state index in [4.69, 9.17) is 22.6 Å². The molecular weight excluding hydrogens is 276 g/mol.